The van der Waals surface area contributed by atoms with E-state index in [1.165, 1.54) is 14.1 Å². The molecule has 0 aliphatic carbocycles. The second-order valence-corrected chi connectivity index (χ2v) is 2.58. The standard InChI is InChI=1S/C7H14N2O4.V/c1-8-4(6(10)11)3-5(9-2)7(12)13;/h4-5,8-9H,3H2,1-2H3,(H,10,11)(H,12,13);/i/hT. The summed E-state index contributed by atoms with van der Waals surface area (Å²) in [7, 11) is 2.98. The second kappa shape index (κ2) is 7.81. The van der Waals surface area contributed by atoms with Gasteiger partial charge in [0, 0.05) is 18.6 Å². The number of likely N-dealkylation sites (N-methyl/N-ethyl adjacent to an activating group) is 2. The summed E-state index contributed by atoms with van der Waals surface area (Å²) in [4.78, 5) is 21.5. The summed E-state index contributed by atoms with van der Waals surface area (Å²) in [5, 5.41) is 17.6. The Morgan fingerprint density at radius 1 is 1.29 bits per heavy atom. The smallest absolute Gasteiger partial charge is 0.320 e. The number of hydrogen-bond donors (Lipinski definition) is 4. The van der Waals surface area contributed by atoms with Gasteiger partial charge in [-0.15, -0.1) is 0 Å². The van der Waals surface area contributed by atoms with Gasteiger partial charge in [-0.2, -0.15) is 0 Å². The number of carboxylic acids is 2. The van der Waals surface area contributed by atoms with Crippen LogP contribution in [0.3, 0.4) is 0 Å². The quantitative estimate of drug-likeness (QED) is 0.464. The maximum atomic E-state index is 10.9. The fourth-order valence-electron chi connectivity index (χ4n) is 0.910. The maximum Gasteiger partial charge on any atom is 0.320 e. The Morgan fingerprint density at radius 2 is 1.71 bits per heavy atom. The fraction of sp³-hybridized carbons (Fsp3) is 0.714. The first-order valence-electron chi connectivity index (χ1n) is 4.22. The van der Waals surface area contributed by atoms with Crippen molar-refractivity contribution in [3.8, 4) is 0 Å². The Balaban J connectivity index is 0. The molecule has 0 fully saturated rings. The first-order valence-corrected chi connectivity index (χ1v) is 3.81. The van der Waals surface area contributed by atoms with Crippen molar-refractivity contribution >= 4 is 11.9 Å². The van der Waals surface area contributed by atoms with E-state index in [0.29, 0.717) is 0 Å². The molecule has 0 saturated carbocycles. The van der Waals surface area contributed by atoms with E-state index in [-0.39, 0.29) is 25.0 Å². The minimum absolute atomic E-state index is 0. The number of aliphatic carboxylic acids is 2. The van der Waals surface area contributed by atoms with Crippen LogP contribution in [0.15, 0.2) is 0 Å². The third kappa shape index (κ3) is 5.23. The average molecular weight is 243 g/mol. The molecule has 0 saturated heterocycles. The Labute approximate surface area is 95.4 Å². The van der Waals surface area contributed by atoms with Crippen LogP contribution in [0.25, 0.3) is 1.43 Å². The first kappa shape index (κ1) is 13.4. The summed E-state index contributed by atoms with van der Waals surface area (Å²) in [5.41, 5.74) is 0. The van der Waals surface area contributed by atoms with Crippen LogP contribution >= 0.6 is 0 Å². The normalized spacial score (nSPS) is 14.6. The summed E-state index contributed by atoms with van der Waals surface area (Å²) in [5.74, 6) is -1.85. The van der Waals surface area contributed by atoms with Crippen molar-refractivity contribution < 1.29 is 38.4 Å². The molecule has 0 bridgehead atoms. The monoisotopic (exact) mass is 243 g/mol. The maximum absolute atomic E-state index is 10.9. The van der Waals surface area contributed by atoms with Gasteiger partial charge in [0.25, 0.3) is 1.43 Å². The van der Waals surface area contributed by atoms with Gasteiger partial charge in [-0.1, -0.05) is 0 Å². The summed E-state index contributed by atoms with van der Waals surface area (Å²) in [6.07, 6.45) is 0.0278. The van der Waals surface area contributed by atoms with Crippen LogP contribution in [0.4, 0.5) is 0 Å². The van der Waals surface area contributed by atoms with Crippen LogP contribution in [0.5, 0.6) is 0 Å². The molecule has 0 rings (SSSR count). The molecule has 0 aromatic rings. The van der Waals surface area contributed by atoms with Gasteiger partial charge in [-0.25, -0.2) is 0 Å². The third-order valence-corrected chi connectivity index (χ3v) is 1.75. The van der Waals surface area contributed by atoms with Crippen LogP contribution in [-0.4, -0.2) is 48.3 Å². The van der Waals surface area contributed by atoms with E-state index < -0.39 is 24.0 Å². The van der Waals surface area contributed by atoms with Crippen LogP contribution in [0.2, 0.25) is 0 Å². The van der Waals surface area contributed by atoms with E-state index in [1.54, 1.807) is 0 Å². The van der Waals surface area contributed by atoms with Crippen molar-refractivity contribution in [1.82, 2.24) is 10.6 Å². The van der Waals surface area contributed by atoms with E-state index >= 15 is 0 Å². The van der Waals surface area contributed by atoms with Gasteiger partial charge in [0.2, 0.25) is 0 Å². The van der Waals surface area contributed by atoms with Crippen LogP contribution in [0, 0.1) is 0 Å². The fourth-order valence-corrected chi connectivity index (χ4v) is 0.910. The van der Waals surface area contributed by atoms with E-state index in [1.807, 2.05) is 0 Å². The third-order valence-electron chi connectivity index (χ3n) is 1.75. The van der Waals surface area contributed by atoms with E-state index in [2.05, 4.69) is 15.7 Å². The Hall–Kier alpha value is -0.556. The van der Waals surface area contributed by atoms with Crippen molar-refractivity contribution in [3.63, 3.8) is 0 Å². The molecular weight excluding hydrogens is 227 g/mol. The van der Waals surface area contributed by atoms with Gasteiger partial charge >= 0.3 is 11.9 Å². The molecule has 6 nitrogen and oxygen atoms in total. The zero-order valence-corrected chi connectivity index (χ0v) is 9.38. The van der Waals surface area contributed by atoms with Crippen LogP contribution in [0.1, 0.15) is 6.42 Å². The molecule has 2 unspecified atom stereocenters. The molecular formula is C7H14N2O4V. The summed E-state index contributed by atoms with van der Waals surface area (Å²) < 4.78 is 6.39. The van der Waals surface area contributed by atoms with Crippen molar-refractivity contribution in [3.05, 3.63) is 0 Å². The van der Waals surface area contributed by atoms with Crippen molar-refractivity contribution in [1.29, 1.82) is 1.43 Å². The molecule has 81 valence electrons. The number of hydrogen-bond acceptors (Lipinski definition) is 5. The topological polar surface area (TPSA) is 98.7 Å². The molecule has 4 N–H and O–H groups in total. The molecule has 0 aliphatic rings. The predicted octanol–water partition coefficient (Wildman–Crippen LogP) is -1.28. The van der Waals surface area contributed by atoms with E-state index in [0.717, 1.165) is 0 Å². The molecule has 0 aliphatic heterocycles. The van der Waals surface area contributed by atoms with Crippen molar-refractivity contribution in [2.45, 2.75) is 18.5 Å². The number of carbonyl (C=O) groups is 2. The summed E-state index contributed by atoms with van der Waals surface area (Å²) in [6, 6.07) is -1.63. The molecule has 14 heavy (non-hydrogen) atoms. The molecule has 2 atom stereocenters. The average Bonchev–Trinajstić information content (AvgIpc) is 2.18. The molecule has 0 spiro atoms. The molecule has 7 heteroatoms. The van der Waals surface area contributed by atoms with E-state index in [9.17, 15) is 9.59 Å². The Bertz CT molecular complexity index is 217. The van der Waals surface area contributed by atoms with Gasteiger partial charge in [0.15, 0.2) is 0 Å². The largest absolute Gasteiger partial charge is 0.480 e. The Morgan fingerprint density at radius 3 is 2.00 bits per heavy atom. The zero-order valence-electron chi connectivity index (χ0n) is 8.98. The van der Waals surface area contributed by atoms with Crippen molar-refractivity contribution in [2.75, 3.05) is 14.1 Å². The van der Waals surface area contributed by atoms with Crippen LogP contribution < -0.4 is 10.6 Å². The number of rotatable bonds is 6. The molecule has 0 heterocycles. The minimum atomic E-state index is -1.05. The predicted molar refractivity (Wildman–Crippen MR) is 45.6 cm³/mol. The van der Waals surface area contributed by atoms with Gasteiger partial charge in [-0.05, 0) is 20.5 Å². The van der Waals surface area contributed by atoms with Crippen LogP contribution in [-0.2, 0) is 28.1 Å². The summed E-state index contributed by atoms with van der Waals surface area (Å²) >= 11 is 0. The molecule has 0 aromatic heterocycles. The van der Waals surface area contributed by atoms with Gasteiger partial charge < -0.3 is 20.8 Å². The second-order valence-electron chi connectivity index (χ2n) is 2.58. The number of carboxylic acid groups (broad SMARTS) is 2. The zero-order chi connectivity index (χ0) is 11.1. The molecule has 1 radical (unpaired) electrons. The molecule has 0 aromatic carbocycles. The minimum Gasteiger partial charge on any atom is -0.480 e. The van der Waals surface area contributed by atoms with Crippen molar-refractivity contribution in [2.24, 2.45) is 0 Å². The van der Waals surface area contributed by atoms with E-state index in [4.69, 9.17) is 6.54 Å². The van der Waals surface area contributed by atoms with Gasteiger partial charge in [-0.3, -0.25) is 9.59 Å². The number of nitrogens with one attached hydrogen (secondary N) is 2. The van der Waals surface area contributed by atoms with Gasteiger partial charge in [0.1, 0.15) is 12.1 Å². The molecule has 0 amide bonds. The summed E-state index contributed by atoms with van der Waals surface area (Å²) in [6.45, 7) is 0. The SMILES string of the molecule is [3H]OC(=O)C(CC(NC)C(=O)O)NC.[V]. The first-order chi connectivity index (χ1) is 6.56. The van der Waals surface area contributed by atoms with Gasteiger partial charge in [0.05, 0.1) is 0 Å². The Kier molecular flexibility index (Phi) is 7.50.